The Morgan fingerprint density at radius 2 is 1.75 bits per heavy atom. The van der Waals surface area contributed by atoms with Crippen molar-refractivity contribution < 1.29 is 17.9 Å². The van der Waals surface area contributed by atoms with Crippen molar-refractivity contribution in [2.75, 3.05) is 6.61 Å². The van der Waals surface area contributed by atoms with Crippen molar-refractivity contribution in [1.82, 2.24) is 0 Å². The van der Waals surface area contributed by atoms with Crippen LogP contribution in [0.4, 0.5) is 13.2 Å². The summed E-state index contributed by atoms with van der Waals surface area (Å²) in [6.45, 7) is 1.51. The molecule has 0 saturated carbocycles. The molecule has 0 heterocycles. The first kappa shape index (κ1) is 11.2. The largest absolute Gasteiger partial charge is 0.522 e. The highest BCUT2D eigenvalue weighted by Gasteiger charge is 2.27. The number of alkyl halides is 3. The molecule has 0 rings (SSSR count). The number of ether oxygens (including phenoxy) is 1. The molecule has 0 amide bonds. The van der Waals surface area contributed by atoms with Gasteiger partial charge in [-0.3, -0.25) is 4.74 Å². The van der Waals surface area contributed by atoms with E-state index >= 15 is 0 Å². The summed E-state index contributed by atoms with van der Waals surface area (Å²) in [6.07, 6.45) is 2.68. The summed E-state index contributed by atoms with van der Waals surface area (Å²) in [5.74, 6) is 0. The van der Waals surface area contributed by atoms with E-state index < -0.39 is 13.0 Å². The molecule has 0 aromatic rings. The van der Waals surface area contributed by atoms with Crippen LogP contribution >= 0.6 is 0 Å². The van der Waals surface area contributed by atoms with Gasteiger partial charge in [-0.2, -0.15) is 0 Å². The topological polar surface area (TPSA) is 9.23 Å². The van der Waals surface area contributed by atoms with E-state index in [0.29, 0.717) is 0 Å². The van der Waals surface area contributed by atoms with Gasteiger partial charge in [-0.25, -0.2) is 0 Å². The van der Waals surface area contributed by atoms with Crippen LogP contribution in [0.15, 0.2) is 24.3 Å². The highest BCUT2D eigenvalue weighted by molar-refractivity contribution is 5.01. The minimum Gasteiger partial charge on any atom is -0.288 e. The first-order valence-electron chi connectivity index (χ1n) is 3.58. The van der Waals surface area contributed by atoms with Gasteiger partial charge < -0.3 is 0 Å². The van der Waals surface area contributed by atoms with Crippen LogP contribution in [0.3, 0.4) is 0 Å². The molecule has 4 heteroatoms. The van der Waals surface area contributed by atoms with Crippen molar-refractivity contribution in [2.45, 2.75) is 19.7 Å². The molecular weight excluding hydrogens is 169 g/mol. The maximum absolute atomic E-state index is 11.4. The average Bonchev–Trinajstić information content (AvgIpc) is 1.94. The van der Waals surface area contributed by atoms with Crippen molar-refractivity contribution in [3.8, 4) is 0 Å². The van der Waals surface area contributed by atoms with Crippen LogP contribution < -0.4 is 0 Å². The molecule has 0 aliphatic carbocycles. The van der Waals surface area contributed by atoms with Crippen molar-refractivity contribution in [3.05, 3.63) is 24.3 Å². The average molecular weight is 180 g/mol. The lowest BCUT2D eigenvalue weighted by atomic mass is 10.4. The van der Waals surface area contributed by atoms with E-state index in [4.69, 9.17) is 0 Å². The summed E-state index contributed by atoms with van der Waals surface area (Å²) in [7, 11) is 0. The Kier molecular flexibility index (Phi) is 5.45. The molecule has 70 valence electrons. The van der Waals surface area contributed by atoms with E-state index in [0.717, 1.165) is 6.42 Å². The molecule has 0 saturated heterocycles. The van der Waals surface area contributed by atoms with E-state index in [1.807, 2.05) is 13.0 Å². The number of halogens is 3. The lowest BCUT2D eigenvalue weighted by Crippen LogP contribution is -2.12. The van der Waals surface area contributed by atoms with Crippen LogP contribution in [0.2, 0.25) is 0 Å². The molecule has 0 N–H and O–H groups in total. The second-order valence-corrected chi connectivity index (χ2v) is 2.02. The predicted octanol–water partition coefficient (Wildman–Crippen LogP) is 3.05. The predicted molar refractivity (Wildman–Crippen MR) is 40.6 cm³/mol. The molecule has 0 bridgehead atoms. The molecule has 0 atom stereocenters. The van der Waals surface area contributed by atoms with Gasteiger partial charge in [-0.05, 0) is 6.42 Å². The van der Waals surface area contributed by atoms with E-state index in [1.54, 1.807) is 6.08 Å². The Morgan fingerprint density at radius 1 is 1.17 bits per heavy atom. The fourth-order valence-electron chi connectivity index (χ4n) is 0.491. The lowest BCUT2D eigenvalue weighted by molar-refractivity contribution is -0.319. The quantitative estimate of drug-likeness (QED) is 0.604. The molecule has 12 heavy (non-hydrogen) atoms. The van der Waals surface area contributed by atoms with E-state index in [2.05, 4.69) is 4.74 Å². The number of hydrogen-bond acceptors (Lipinski definition) is 1. The molecule has 0 unspecified atom stereocenters. The molecule has 0 radical (unpaired) electrons. The third-order valence-corrected chi connectivity index (χ3v) is 0.962. The van der Waals surface area contributed by atoms with Gasteiger partial charge in [0.05, 0.1) is 6.61 Å². The Labute approximate surface area is 69.5 Å². The Bertz CT molecular complexity index is 158. The monoisotopic (exact) mass is 180 g/mol. The number of allylic oxidation sites excluding steroid dienone is 3. The lowest BCUT2D eigenvalue weighted by Gasteiger charge is -2.02. The zero-order valence-electron chi connectivity index (χ0n) is 6.77. The summed E-state index contributed by atoms with van der Waals surface area (Å²) in [6, 6.07) is 0. The third-order valence-electron chi connectivity index (χ3n) is 0.962. The van der Waals surface area contributed by atoms with Gasteiger partial charge in [0.15, 0.2) is 0 Å². The fourth-order valence-corrected chi connectivity index (χ4v) is 0.491. The highest BCUT2D eigenvalue weighted by atomic mass is 19.4. The van der Waals surface area contributed by atoms with Gasteiger partial charge in [0.25, 0.3) is 0 Å². The van der Waals surface area contributed by atoms with Crippen LogP contribution in [0.5, 0.6) is 0 Å². The SMILES string of the molecule is CC/C=C\C=C/COC(F)(F)F. The second-order valence-electron chi connectivity index (χ2n) is 2.02. The molecule has 0 aromatic carbocycles. The maximum Gasteiger partial charge on any atom is 0.522 e. The van der Waals surface area contributed by atoms with Gasteiger partial charge in [-0.1, -0.05) is 31.2 Å². The molecule has 0 fully saturated rings. The zero-order valence-corrected chi connectivity index (χ0v) is 6.77. The van der Waals surface area contributed by atoms with Crippen LogP contribution in [0.25, 0.3) is 0 Å². The summed E-state index contributed by atoms with van der Waals surface area (Å²) in [5, 5.41) is 0. The standard InChI is InChI=1S/C8H11F3O/c1-2-3-4-5-6-7-12-8(9,10)11/h3-6H,2,7H2,1H3/b4-3-,6-5-. The second kappa shape index (κ2) is 5.83. The van der Waals surface area contributed by atoms with Crippen molar-refractivity contribution in [3.63, 3.8) is 0 Å². The van der Waals surface area contributed by atoms with Gasteiger partial charge in [-0.15, -0.1) is 13.2 Å². The van der Waals surface area contributed by atoms with Crippen LogP contribution in [-0.4, -0.2) is 13.0 Å². The van der Waals surface area contributed by atoms with Gasteiger partial charge >= 0.3 is 6.36 Å². The maximum atomic E-state index is 11.4. The fraction of sp³-hybridized carbons (Fsp3) is 0.500. The van der Waals surface area contributed by atoms with Crippen LogP contribution in [-0.2, 0) is 4.74 Å². The molecule has 1 nitrogen and oxygen atoms in total. The first-order chi connectivity index (χ1) is 5.56. The Hall–Kier alpha value is -0.770. The van der Waals surface area contributed by atoms with Crippen LogP contribution in [0, 0.1) is 0 Å². The minimum absolute atomic E-state index is 0.433. The first-order valence-corrected chi connectivity index (χ1v) is 3.58. The molecule has 0 spiro atoms. The molecule has 0 aromatic heterocycles. The third kappa shape index (κ3) is 9.23. The van der Waals surface area contributed by atoms with Gasteiger partial charge in [0.1, 0.15) is 0 Å². The number of hydrogen-bond donors (Lipinski definition) is 0. The summed E-state index contributed by atoms with van der Waals surface area (Å²) in [4.78, 5) is 0. The highest BCUT2D eigenvalue weighted by Crippen LogP contribution is 2.15. The molecule has 0 aliphatic heterocycles. The van der Waals surface area contributed by atoms with E-state index in [9.17, 15) is 13.2 Å². The Morgan fingerprint density at radius 3 is 2.25 bits per heavy atom. The van der Waals surface area contributed by atoms with Crippen molar-refractivity contribution in [2.24, 2.45) is 0 Å². The summed E-state index contributed by atoms with van der Waals surface area (Å²) >= 11 is 0. The summed E-state index contributed by atoms with van der Waals surface area (Å²) in [5.41, 5.74) is 0. The van der Waals surface area contributed by atoms with Crippen LogP contribution in [0.1, 0.15) is 13.3 Å². The van der Waals surface area contributed by atoms with Crippen molar-refractivity contribution >= 4 is 0 Å². The molecular formula is C8H11F3O. The van der Waals surface area contributed by atoms with Gasteiger partial charge in [0.2, 0.25) is 0 Å². The van der Waals surface area contributed by atoms with E-state index in [1.165, 1.54) is 12.2 Å². The van der Waals surface area contributed by atoms with E-state index in [-0.39, 0.29) is 0 Å². The minimum atomic E-state index is -4.53. The van der Waals surface area contributed by atoms with Crippen molar-refractivity contribution in [1.29, 1.82) is 0 Å². The molecule has 0 aliphatic rings. The normalized spacial score (nSPS) is 13.3. The zero-order chi connectivity index (χ0) is 9.45. The van der Waals surface area contributed by atoms with Gasteiger partial charge in [0, 0.05) is 0 Å². The smallest absolute Gasteiger partial charge is 0.288 e. The summed E-state index contributed by atoms with van der Waals surface area (Å²) < 4.78 is 37.6. The Balaban J connectivity index is 3.43. The number of rotatable bonds is 4.